The summed E-state index contributed by atoms with van der Waals surface area (Å²) in [6, 6.07) is 13.2. The largest absolute Gasteiger partial charge is 0.347 e. The molecule has 0 bridgehead atoms. The molecule has 2 N–H and O–H groups in total. The van der Waals surface area contributed by atoms with Crippen LogP contribution in [0.15, 0.2) is 52.6 Å². The summed E-state index contributed by atoms with van der Waals surface area (Å²) >= 11 is 1.49. The lowest BCUT2D eigenvalue weighted by Gasteiger charge is -2.06. The second-order valence-electron chi connectivity index (χ2n) is 5.13. The van der Waals surface area contributed by atoms with Crippen molar-refractivity contribution < 1.29 is 4.79 Å². The van der Waals surface area contributed by atoms with Crippen molar-refractivity contribution in [2.45, 2.75) is 13.5 Å². The summed E-state index contributed by atoms with van der Waals surface area (Å²) in [6.45, 7) is 2.39. The van der Waals surface area contributed by atoms with Crippen molar-refractivity contribution in [3.05, 3.63) is 75.1 Å². The number of nitrogens with zero attached hydrogens (tertiary/aromatic N) is 1. The van der Waals surface area contributed by atoms with Crippen LogP contribution < -0.4 is 11.0 Å². The number of aryl methyl sites for hydroxylation is 1. The average molecular weight is 325 g/mol. The number of thiophene rings is 1. The number of aromatic amines is 1. The number of amides is 1. The highest BCUT2D eigenvalue weighted by atomic mass is 32.1. The minimum absolute atomic E-state index is 0.116. The van der Waals surface area contributed by atoms with Gasteiger partial charge in [-0.05, 0) is 30.0 Å². The number of hydrogen-bond donors (Lipinski definition) is 2. The van der Waals surface area contributed by atoms with Crippen LogP contribution in [0.3, 0.4) is 0 Å². The van der Waals surface area contributed by atoms with Gasteiger partial charge in [-0.15, -0.1) is 11.3 Å². The second kappa shape index (κ2) is 6.58. The van der Waals surface area contributed by atoms with Crippen molar-refractivity contribution in [1.82, 2.24) is 15.3 Å². The van der Waals surface area contributed by atoms with Crippen molar-refractivity contribution in [3.8, 4) is 10.6 Å². The van der Waals surface area contributed by atoms with Gasteiger partial charge in [0.1, 0.15) is 5.69 Å². The first-order valence-electron chi connectivity index (χ1n) is 7.11. The average Bonchev–Trinajstić information content (AvgIpc) is 3.06. The first-order valence-corrected chi connectivity index (χ1v) is 7.99. The van der Waals surface area contributed by atoms with Gasteiger partial charge in [-0.1, -0.05) is 35.9 Å². The Morgan fingerprint density at radius 3 is 2.87 bits per heavy atom. The molecule has 2 heterocycles. The summed E-state index contributed by atoms with van der Waals surface area (Å²) in [4.78, 5) is 31.2. The van der Waals surface area contributed by atoms with E-state index in [0.717, 1.165) is 16.0 Å². The van der Waals surface area contributed by atoms with Crippen molar-refractivity contribution in [1.29, 1.82) is 0 Å². The lowest BCUT2D eigenvalue weighted by molar-refractivity contribution is 0.0945. The summed E-state index contributed by atoms with van der Waals surface area (Å²) < 4.78 is 0. The Morgan fingerprint density at radius 1 is 1.26 bits per heavy atom. The van der Waals surface area contributed by atoms with Crippen molar-refractivity contribution in [3.63, 3.8) is 0 Å². The Morgan fingerprint density at radius 2 is 2.13 bits per heavy atom. The lowest BCUT2D eigenvalue weighted by atomic mass is 10.1. The fourth-order valence-electron chi connectivity index (χ4n) is 2.23. The third-order valence-electron chi connectivity index (χ3n) is 3.30. The number of carbonyl (C=O) groups excluding carboxylic acids is 1. The Balaban J connectivity index is 1.78. The van der Waals surface area contributed by atoms with Crippen LogP contribution in [0.5, 0.6) is 0 Å². The number of aromatic nitrogens is 2. The zero-order valence-electron chi connectivity index (χ0n) is 12.5. The van der Waals surface area contributed by atoms with E-state index in [0.29, 0.717) is 12.2 Å². The first-order chi connectivity index (χ1) is 11.1. The lowest BCUT2D eigenvalue weighted by Crippen LogP contribution is -2.27. The minimum Gasteiger partial charge on any atom is -0.347 e. The quantitative estimate of drug-likeness (QED) is 0.774. The summed E-state index contributed by atoms with van der Waals surface area (Å²) in [5.41, 5.74) is 2.31. The fourth-order valence-corrected chi connectivity index (χ4v) is 2.93. The van der Waals surface area contributed by atoms with Crippen LogP contribution in [0.1, 0.15) is 21.6 Å². The van der Waals surface area contributed by atoms with Gasteiger partial charge in [-0.25, -0.2) is 4.79 Å². The van der Waals surface area contributed by atoms with E-state index in [1.807, 2.05) is 48.7 Å². The van der Waals surface area contributed by atoms with Gasteiger partial charge in [0.15, 0.2) is 0 Å². The summed E-state index contributed by atoms with van der Waals surface area (Å²) in [5.74, 6) is -0.365. The highest BCUT2D eigenvalue weighted by Crippen LogP contribution is 2.21. The van der Waals surface area contributed by atoms with Gasteiger partial charge in [-0.2, -0.15) is 4.98 Å². The third kappa shape index (κ3) is 3.73. The van der Waals surface area contributed by atoms with Gasteiger partial charge in [0.05, 0.1) is 10.6 Å². The topological polar surface area (TPSA) is 74.8 Å². The monoisotopic (exact) mass is 325 g/mol. The Kier molecular flexibility index (Phi) is 4.34. The molecule has 0 saturated carbocycles. The SMILES string of the molecule is Cc1cccc(CNC(=O)c2cc(-c3cccs3)[nH]c(=O)n2)c1. The number of nitrogens with one attached hydrogen (secondary N) is 2. The summed E-state index contributed by atoms with van der Waals surface area (Å²) in [6.07, 6.45) is 0. The van der Waals surface area contributed by atoms with E-state index >= 15 is 0 Å². The Hall–Kier alpha value is -2.73. The van der Waals surface area contributed by atoms with Crippen LogP contribution in [-0.4, -0.2) is 15.9 Å². The van der Waals surface area contributed by atoms with Gasteiger partial charge in [0.2, 0.25) is 0 Å². The molecule has 0 aliphatic heterocycles. The van der Waals surface area contributed by atoms with Crippen LogP contribution in [0.2, 0.25) is 0 Å². The molecule has 5 nitrogen and oxygen atoms in total. The molecule has 0 aliphatic rings. The molecule has 0 aliphatic carbocycles. The van der Waals surface area contributed by atoms with E-state index in [2.05, 4.69) is 15.3 Å². The van der Waals surface area contributed by atoms with E-state index in [-0.39, 0.29) is 11.6 Å². The van der Waals surface area contributed by atoms with Gasteiger partial charge < -0.3 is 10.3 Å². The molecular weight excluding hydrogens is 310 g/mol. The molecule has 0 unspecified atom stereocenters. The van der Waals surface area contributed by atoms with Crippen molar-refractivity contribution in [2.75, 3.05) is 0 Å². The zero-order chi connectivity index (χ0) is 16.2. The molecule has 0 spiro atoms. The van der Waals surface area contributed by atoms with E-state index in [9.17, 15) is 9.59 Å². The predicted octanol–water partition coefficient (Wildman–Crippen LogP) is 2.74. The summed E-state index contributed by atoms with van der Waals surface area (Å²) in [7, 11) is 0. The Bertz CT molecular complexity index is 885. The van der Waals surface area contributed by atoms with Gasteiger partial charge in [0, 0.05) is 6.54 Å². The molecule has 6 heteroatoms. The smallest absolute Gasteiger partial charge is 0.346 e. The normalized spacial score (nSPS) is 10.5. The molecule has 0 atom stereocenters. The molecular formula is C17H15N3O2S. The highest BCUT2D eigenvalue weighted by Gasteiger charge is 2.11. The van der Waals surface area contributed by atoms with E-state index < -0.39 is 5.69 Å². The maximum Gasteiger partial charge on any atom is 0.346 e. The maximum absolute atomic E-state index is 12.3. The molecule has 0 radical (unpaired) electrons. The molecule has 23 heavy (non-hydrogen) atoms. The fraction of sp³-hybridized carbons (Fsp3) is 0.118. The number of rotatable bonds is 4. The summed E-state index contributed by atoms with van der Waals surface area (Å²) in [5, 5.41) is 4.70. The Labute approximate surface area is 137 Å². The van der Waals surface area contributed by atoms with Crippen LogP contribution in [-0.2, 0) is 6.54 Å². The molecule has 1 amide bonds. The standard InChI is InChI=1S/C17H15N3O2S/c1-11-4-2-5-12(8-11)10-18-16(21)14-9-13(19-17(22)20-14)15-6-3-7-23-15/h2-9H,10H2,1H3,(H,18,21)(H,19,20,22). The molecule has 3 aromatic rings. The van der Waals surface area contributed by atoms with Crippen molar-refractivity contribution >= 4 is 17.2 Å². The minimum atomic E-state index is -0.531. The maximum atomic E-state index is 12.3. The third-order valence-corrected chi connectivity index (χ3v) is 4.20. The van der Waals surface area contributed by atoms with Gasteiger partial charge >= 0.3 is 5.69 Å². The molecule has 2 aromatic heterocycles. The number of carbonyl (C=O) groups is 1. The number of hydrogen-bond acceptors (Lipinski definition) is 4. The van der Waals surface area contributed by atoms with Crippen LogP contribution in [0.4, 0.5) is 0 Å². The van der Waals surface area contributed by atoms with Crippen LogP contribution in [0.25, 0.3) is 10.6 Å². The second-order valence-corrected chi connectivity index (χ2v) is 6.08. The van der Waals surface area contributed by atoms with E-state index in [4.69, 9.17) is 0 Å². The number of H-pyrrole nitrogens is 1. The van der Waals surface area contributed by atoms with Crippen molar-refractivity contribution in [2.24, 2.45) is 0 Å². The zero-order valence-corrected chi connectivity index (χ0v) is 13.3. The van der Waals surface area contributed by atoms with E-state index in [1.165, 1.54) is 11.3 Å². The van der Waals surface area contributed by atoms with Gasteiger partial charge in [0.25, 0.3) is 5.91 Å². The predicted molar refractivity (Wildman–Crippen MR) is 90.5 cm³/mol. The molecule has 3 rings (SSSR count). The molecule has 0 fully saturated rings. The van der Waals surface area contributed by atoms with E-state index in [1.54, 1.807) is 6.07 Å². The van der Waals surface area contributed by atoms with Gasteiger partial charge in [-0.3, -0.25) is 4.79 Å². The molecule has 0 saturated heterocycles. The number of benzene rings is 1. The highest BCUT2D eigenvalue weighted by molar-refractivity contribution is 7.13. The van der Waals surface area contributed by atoms with Crippen LogP contribution in [0, 0.1) is 6.92 Å². The first kappa shape index (κ1) is 15.2. The molecule has 1 aromatic carbocycles. The van der Waals surface area contributed by atoms with Crippen LogP contribution >= 0.6 is 11.3 Å². The molecule has 116 valence electrons.